The van der Waals surface area contributed by atoms with Gasteiger partial charge >= 0.3 is 5.97 Å². The molecule has 138 valence electrons. The molecule has 0 fully saturated rings. The third kappa shape index (κ3) is 4.33. The highest BCUT2D eigenvalue weighted by atomic mass is 16.5. The summed E-state index contributed by atoms with van der Waals surface area (Å²) in [6, 6.07) is 17.9. The summed E-state index contributed by atoms with van der Waals surface area (Å²) >= 11 is 0. The van der Waals surface area contributed by atoms with Crippen LogP contribution in [0.4, 0.5) is 11.4 Å². The molecule has 0 saturated heterocycles. The van der Waals surface area contributed by atoms with Crippen molar-refractivity contribution in [2.45, 2.75) is 0 Å². The maximum Gasteiger partial charge on any atom is 0.347 e. The van der Waals surface area contributed by atoms with Gasteiger partial charge in [-0.05, 0) is 24.3 Å². The molecule has 27 heavy (non-hydrogen) atoms. The fourth-order valence-electron chi connectivity index (χ4n) is 2.46. The van der Waals surface area contributed by atoms with Gasteiger partial charge in [0.15, 0.2) is 18.8 Å². The largest absolute Gasteiger partial charge is 0.470 e. The van der Waals surface area contributed by atoms with E-state index in [1.807, 2.05) is 12.1 Å². The summed E-state index contributed by atoms with van der Waals surface area (Å²) < 4.78 is 10.3. The number of carbonyl (C=O) groups excluding carboxylic acids is 3. The minimum atomic E-state index is -0.897. The van der Waals surface area contributed by atoms with Gasteiger partial charge in [-0.25, -0.2) is 4.79 Å². The average molecular weight is 366 g/mol. The van der Waals surface area contributed by atoms with Gasteiger partial charge in [0.2, 0.25) is 11.7 Å². The van der Waals surface area contributed by atoms with Crippen LogP contribution in [-0.4, -0.2) is 37.9 Å². The summed E-state index contributed by atoms with van der Waals surface area (Å²) in [4.78, 5) is 37.9. The monoisotopic (exact) mass is 366 g/mol. The first kappa shape index (κ1) is 18.2. The smallest absolute Gasteiger partial charge is 0.347 e. The second-order valence-corrected chi connectivity index (χ2v) is 5.77. The number of para-hydroxylation sites is 2. The molecule has 0 aromatic heterocycles. The number of Topliss-reactive ketones (excluding diaryl/α,β-unsaturated/α-hetero) is 1. The molecule has 7 heteroatoms. The molecule has 3 rings (SSSR count). The molecule has 2 aromatic carbocycles. The van der Waals surface area contributed by atoms with Crippen molar-refractivity contribution in [3.63, 3.8) is 0 Å². The predicted molar refractivity (Wildman–Crippen MR) is 98.9 cm³/mol. The fraction of sp³-hybridized carbons (Fsp3) is 0.150. The number of anilines is 2. The summed E-state index contributed by atoms with van der Waals surface area (Å²) in [6.07, 6.45) is 0. The Balaban J connectivity index is 1.65. The van der Waals surface area contributed by atoms with Crippen molar-refractivity contribution in [3.05, 3.63) is 72.1 Å². The molecule has 0 aliphatic carbocycles. The van der Waals surface area contributed by atoms with E-state index in [2.05, 4.69) is 5.32 Å². The molecule has 0 atom stereocenters. The van der Waals surface area contributed by atoms with Crippen LogP contribution in [0.15, 0.2) is 72.1 Å². The maximum atomic E-state index is 12.3. The number of likely N-dealkylation sites (N-methyl/N-ethyl adjacent to an activating group) is 1. The van der Waals surface area contributed by atoms with Crippen molar-refractivity contribution in [3.8, 4) is 0 Å². The first-order chi connectivity index (χ1) is 13.1. The molecule has 0 unspecified atom stereocenters. The summed E-state index contributed by atoms with van der Waals surface area (Å²) in [5.41, 5.74) is 1.10. The van der Waals surface area contributed by atoms with Crippen LogP contribution in [-0.2, 0) is 23.9 Å². The van der Waals surface area contributed by atoms with Crippen molar-refractivity contribution >= 4 is 29.0 Å². The average Bonchev–Trinajstić information content (AvgIpc) is 3.06. The third-order valence-corrected chi connectivity index (χ3v) is 3.93. The Labute approximate surface area is 156 Å². The third-order valence-electron chi connectivity index (χ3n) is 3.93. The molecule has 1 aliphatic heterocycles. The van der Waals surface area contributed by atoms with E-state index in [1.165, 1.54) is 4.90 Å². The van der Waals surface area contributed by atoms with Crippen molar-refractivity contribution in [2.75, 3.05) is 30.5 Å². The number of ether oxygens (including phenoxy) is 2. The van der Waals surface area contributed by atoms with Crippen LogP contribution in [0.1, 0.15) is 0 Å². The number of nitrogens with zero attached hydrogens (tertiary/aromatic N) is 1. The molecule has 0 spiro atoms. The van der Waals surface area contributed by atoms with Crippen LogP contribution in [0.5, 0.6) is 0 Å². The molecular formula is C20H18N2O5. The van der Waals surface area contributed by atoms with E-state index in [-0.39, 0.29) is 18.1 Å². The Hall–Kier alpha value is -3.61. The molecule has 2 aromatic rings. The number of ketones is 1. The minimum Gasteiger partial charge on any atom is -0.470 e. The number of hydrogen-bond donors (Lipinski definition) is 1. The number of nitrogens with one attached hydrogen (secondary N) is 1. The van der Waals surface area contributed by atoms with Gasteiger partial charge in [-0.15, -0.1) is 0 Å². The number of hydrogen-bond acceptors (Lipinski definition) is 6. The van der Waals surface area contributed by atoms with Gasteiger partial charge < -0.3 is 19.7 Å². The molecule has 0 radical (unpaired) electrons. The molecule has 1 aliphatic rings. The van der Waals surface area contributed by atoms with Gasteiger partial charge in [-0.1, -0.05) is 36.4 Å². The van der Waals surface area contributed by atoms with E-state index < -0.39 is 24.3 Å². The van der Waals surface area contributed by atoms with Crippen molar-refractivity contribution in [1.82, 2.24) is 0 Å². The van der Waals surface area contributed by atoms with Crippen molar-refractivity contribution in [2.24, 2.45) is 0 Å². The Kier molecular flexibility index (Phi) is 5.51. The Morgan fingerprint density at radius 1 is 1.07 bits per heavy atom. The summed E-state index contributed by atoms with van der Waals surface area (Å²) in [5, 5.41) is 2.88. The van der Waals surface area contributed by atoms with E-state index >= 15 is 0 Å². The van der Waals surface area contributed by atoms with Gasteiger partial charge in [-0.2, -0.15) is 0 Å². The molecule has 0 bridgehead atoms. The number of amides is 1. The maximum absolute atomic E-state index is 12.3. The number of esters is 1. The normalized spacial score (nSPS) is 13.1. The van der Waals surface area contributed by atoms with Crippen LogP contribution in [0.3, 0.4) is 0 Å². The molecule has 1 heterocycles. The lowest BCUT2D eigenvalue weighted by Gasteiger charge is -2.17. The SMILES string of the molecule is CN(C(=O)COC(=O)C1=C(Nc2ccccc2)OCC1=O)c1ccccc1. The molecule has 1 N–H and O–H groups in total. The molecular weight excluding hydrogens is 348 g/mol. The zero-order chi connectivity index (χ0) is 19.2. The van der Waals surface area contributed by atoms with E-state index in [1.54, 1.807) is 55.6 Å². The quantitative estimate of drug-likeness (QED) is 0.623. The predicted octanol–water partition coefficient (Wildman–Crippen LogP) is 2.12. The lowest BCUT2D eigenvalue weighted by atomic mass is 10.2. The second kappa shape index (κ2) is 8.18. The molecule has 1 amide bonds. The first-order valence-corrected chi connectivity index (χ1v) is 8.27. The van der Waals surface area contributed by atoms with Crippen LogP contribution >= 0.6 is 0 Å². The number of carbonyl (C=O) groups is 3. The minimum absolute atomic E-state index is 0.0278. The van der Waals surface area contributed by atoms with E-state index in [4.69, 9.17) is 9.47 Å². The van der Waals surface area contributed by atoms with Crippen molar-refractivity contribution < 1.29 is 23.9 Å². The summed E-state index contributed by atoms with van der Waals surface area (Å²) in [7, 11) is 1.58. The number of rotatable bonds is 6. The highest BCUT2D eigenvalue weighted by Gasteiger charge is 2.33. The lowest BCUT2D eigenvalue weighted by Crippen LogP contribution is -2.31. The first-order valence-electron chi connectivity index (χ1n) is 8.27. The highest BCUT2D eigenvalue weighted by Crippen LogP contribution is 2.20. The van der Waals surface area contributed by atoms with Crippen LogP contribution < -0.4 is 10.2 Å². The van der Waals surface area contributed by atoms with Crippen LogP contribution in [0, 0.1) is 0 Å². The standard InChI is InChI=1S/C20H18N2O5/c1-22(15-10-6-3-7-11-15)17(24)13-27-20(25)18-16(23)12-26-19(18)21-14-8-4-2-5-9-14/h2-11,21H,12-13H2,1H3. The Bertz CT molecular complexity index is 878. The van der Waals surface area contributed by atoms with Gasteiger partial charge in [-0.3, -0.25) is 9.59 Å². The van der Waals surface area contributed by atoms with Crippen LogP contribution in [0.25, 0.3) is 0 Å². The van der Waals surface area contributed by atoms with Gasteiger partial charge in [0, 0.05) is 18.4 Å². The van der Waals surface area contributed by atoms with E-state index in [0.717, 1.165) is 0 Å². The zero-order valence-corrected chi connectivity index (χ0v) is 14.7. The van der Waals surface area contributed by atoms with Crippen LogP contribution in [0.2, 0.25) is 0 Å². The Morgan fingerprint density at radius 3 is 2.37 bits per heavy atom. The zero-order valence-electron chi connectivity index (χ0n) is 14.7. The highest BCUT2D eigenvalue weighted by molar-refractivity contribution is 6.20. The van der Waals surface area contributed by atoms with Gasteiger partial charge in [0.1, 0.15) is 0 Å². The fourth-order valence-corrected chi connectivity index (χ4v) is 2.46. The van der Waals surface area contributed by atoms with Crippen molar-refractivity contribution in [1.29, 1.82) is 0 Å². The summed E-state index contributed by atoms with van der Waals surface area (Å²) in [5.74, 6) is -1.79. The van der Waals surface area contributed by atoms with Gasteiger partial charge in [0.25, 0.3) is 5.91 Å². The second-order valence-electron chi connectivity index (χ2n) is 5.77. The summed E-state index contributed by atoms with van der Waals surface area (Å²) in [6.45, 7) is -0.739. The molecule has 0 saturated carbocycles. The van der Waals surface area contributed by atoms with Gasteiger partial charge in [0.05, 0.1) is 0 Å². The Morgan fingerprint density at radius 2 is 1.70 bits per heavy atom. The van der Waals surface area contributed by atoms with E-state index in [0.29, 0.717) is 11.4 Å². The lowest BCUT2D eigenvalue weighted by molar-refractivity contribution is -0.144. The van der Waals surface area contributed by atoms with E-state index in [9.17, 15) is 14.4 Å². The number of benzene rings is 2. The molecule has 7 nitrogen and oxygen atoms in total. The topological polar surface area (TPSA) is 84.9 Å².